The number of esters is 1. The van der Waals surface area contributed by atoms with Crippen LogP contribution in [0.25, 0.3) is 10.8 Å². The molecule has 0 aliphatic carbocycles. The highest BCUT2D eigenvalue weighted by atomic mass is 16.5. The van der Waals surface area contributed by atoms with E-state index in [2.05, 4.69) is 11.4 Å². The van der Waals surface area contributed by atoms with E-state index in [1.165, 1.54) is 0 Å². The zero-order valence-corrected chi connectivity index (χ0v) is 21.5. The summed E-state index contributed by atoms with van der Waals surface area (Å²) in [6.07, 6.45) is 0.128. The molecule has 0 aliphatic heterocycles. The number of nitrogens with zero attached hydrogens (tertiary/aromatic N) is 1. The molecule has 0 fully saturated rings. The lowest BCUT2D eigenvalue weighted by Crippen LogP contribution is -2.48. The highest BCUT2D eigenvalue weighted by Crippen LogP contribution is 2.30. The van der Waals surface area contributed by atoms with Crippen LogP contribution in [0.4, 0.5) is 0 Å². The van der Waals surface area contributed by atoms with Gasteiger partial charge in [-0.3, -0.25) is 10.2 Å². The monoisotopic (exact) mass is 519 g/mol. The first-order valence-electron chi connectivity index (χ1n) is 12.4. The second-order valence-corrected chi connectivity index (χ2v) is 9.22. The molecule has 6 N–H and O–H groups in total. The van der Waals surface area contributed by atoms with Gasteiger partial charge in [0.15, 0.2) is 0 Å². The van der Waals surface area contributed by atoms with E-state index < -0.39 is 11.5 Å². The van der Waals surface area contributed by atoms with Crippen molar-refractivity contribution in [2.24, 2.45) is 11.5 Å². The number of rotatable bonds is 9. The number of amides is 1. The summed E-state index contributed by atoms with van der Waals surface area (Å²) in [6.45, 7) is 2.20. The number of nitrogens with one attached hydrogen (secondary N) is 2. The van der Waals surface area contributed by atoms with Gasteiger partial charge in [0.1, 0.15) is 11.4 Å². The van der Waals surface area contributed by atoms with E-state index in [4.69, 9.17) is 26.9 Å². The number of ether oxygens (including phenoxy) is 1. The molecule has 1 unspecified atom stereocenters. The average Bonchev–Trinajstić information content (AvgIpc) is 2.95. The van der Waals surface area contributed by atoms with Gasteiger partial charge in [-0.25, -0.2) is 4.79 Å². The molecule has 1 atom stereocenters. The van der Waals surface area contributed by atoms with Crippen LogP contribution in [0.1, 0.15) is 45.1 Å². The molecule has 4 rings (SSSR count). The van der Waals surface area contributed by atoms with Crippen LogP contribution in [-0.4, -0.2) is 24.3 Å². The van der Waals surface area contributed by atoms with Crippen molar-refractivity contribution in [3.8, 4) is 6.07 Å². The summed E-state index contributed by atoms with van der Waals surface area (Å²) in [5.41, 5.74) is 14.6. The Hall–Kier alpha value is -5.00. The molecular weight excluding hydrogens is 490 g/mol. The van der Waals surface area contributed by atoms with E-state index >= 15 is 0 Å². The van der Waals surface area contributed by atoms with Crippen molar-refractivity contribution in [3.63, 3.8) is 0 Å². The van der Waals surface area contributed by atoms with Gasteiger partial charge < -0.3 is 21.5 Å². The first kappa shape index (κ1) is 27.0. The van der Waals surface area contributed by atoms with Gasteiger partial charge in [0, 0.05) is 24.1 Å². The van der Waals surface area contributed by atoms with Crippen molar-refractivity contribution in [1.82, 2.24) is 5.32 Å². The van der Waals surface area contributed by atoms with Crippen LogP contribution in [0.2, 0.25) is 0 Å². The summed E-state index contributed by atoms with van der Waals surface area (Å²) in [7, 11) is 0. The molecule has 39 heavy (non-hydrogen) atoms. The number of benzene rings is 4. The summed E-state index contributed by atoms with van der Waals surface area (Å²) in [4.78, 5) is 26.2. The Morgan fingerprint density at radius 1 is 1.00 bits per heavy atom. The molecule has 0 aromatic heterocycles. The lowest BCUT2D eigenvalue weighted by molar-refractivity contribution is -0.150. The molecule has 196 valence electrons. The first-order valence-corrected chi connectivity index (χ1v) is 12.4. The third-order valence-electron chi connectivity index (χ3n) is 6.54. The minimum Gasteiger partial charge on any atom is -0.464 e. The van der Waals surface area contributed by atoms with Crippen molar-refractivity contribution in [2.75, 3.05) is 6.61 Å². The lowest BCUT2D eigenvalue weighted by Gasteiger charge is -2.28. The molecule has 0 saturated heterocycles. The van der Waals surface area contributed by atoms with Crippen LogP contribution in [-0.2, 0) is 28.0 Å². The quantitative estimate of drug-likeness (QED) is 0.149. The zero-order chi connectivity index (χ0) is 28.0. The van der Waals surface area contributed by atoms with E-state index in [-0.39, 0.29) is 24.8 Å². The fourth-order valence-corrected chi connectivity index (χ4v) is 4.46. The maximum atomic E-state index is 13.2. The van der Waals surface area contributed by atoms with Gasteiger partial charge >= 0.3 is 5.97 Å². The van der Waals surface area contributed by atoms with E-state index in [1.807, 2.05) is 12.1 Å². The van der Waals surface area contributed by atoms with Crippen LogP contribution in [0, 0.1) is 16.7 Å². The Morgan fingerprint density at radius 2 is 1.74 bits per heavy atom. The number of nitrogens with two attached hydrogens (primary N) is 2. The van der Waals surface area contributed by atoms with Crippen molar-refractivity contribution < 1.29 is 14.3 Å². The predicted octanol–water partition coefficient (Wildman–Crippen LogP) is 3.89. The molecule has 0 aliphatic rings. The Morgan fingerprint density at radius 3 is 2.44 bits per heavy atom. The fourth-order valence-electron chi connectivity index (χ4n) is 4.46. The average molecular weight is 520 g/mol. The van der Waals surface area contributed by atoms with E-state index in [1.54, 1.807) is 79.7 Å². The van der Waals surface area contributed by atoms with Gasteiger partial charge in [-0.1, -0.05) is 54.6 Å². The number of nitrogen functional groups attached to an aromatic ring is 1. The SMILES string of the molecule is CCOC(=O)C(N)(Cc1cccc(C(=N)N)c1)c1ccc2c(C(=O)NCc3ccc(C#N)cc3)cccc2c1. The van der Waals surface area contributed by atoms with E-state index in [9.17, 15) is 9.59 Å². The molecule has 8 nitrogen and oxygen atoms in total. The third kappa shape index (κ3) is 5.95. The molecule has 0 radical (unpaired) electrons. The largest absolute Gasteiger partial charge is 0.464 e. The molecule has 4 aromatic rings. The predicted molar refractivity (Wildman–Crippen MR) is 150 cm³/mol. The molecule has 8 heteroatoms. The highest BCUT2D eigenvalue weighted by Gasteiger charge is 2.38. The third-order valence-corrected chi connectivity index (χ3v) is 6.54. The number of hydrogen-bond acceptors (Lipinski definition) is 6. The zero-order valence-electron chi connectivity index (χ0n) is 21.5. The Balaban J connectivity index is 1.65. The van der Waals surface area contributed by atoms with Crippen molar-refractivity contribution in [2.45, 2.75) is 25.4 Å². The van der Waals surface area contributed by atoms with Crippen LogP contribution in [0.3, 0.4) is 0 Å². The summed E-state index contributed by atoms with van der Waals surface area (Å²) in [6, 6.07) is 26.9. The van der Waals surface area contributed by atoms with Gasteiger partial charge in [0.25, 0.3) is 5.91 Å². The van der Waals surface area contributed by atoms with Gasteiger partial charge in [-0.05, 0) is 64.7 Å². The molecule has 0 saturated carbocycles. The van der Waals surface area contributed by atoms with Crippen LogP contribution < -0.4 is 16.8 Å². The van der Waals surface area contributed by atoms with Gasteiger partial charge in [-0.15, -0.1) is 0 Å². The minimum atomic E-state index is -1.51. The van der Waals surface area contributed by atoms with Crippen molar-refractivity contribution in [3.05, 3.63) is 118 Å². The summed E-state index contributed by atoms with van der Waals surface area (Å²) >= 11 is 0. The Kier molecular flexibility index (Phi) is 8.04. The Bertz CT molecular complexity index is 1590. The Labute approximate surface area is 226 Å². The number of carbonyl (C=O) groups is 2. The summed E-state index contributed by atoms with van der Waals surface area (Å²) in [5, 5.41) is 21.1. The number of carbonyl (C=O) groups excluding carboxylic acids is 2. The maximum absolute atomic E-state index is 13.2. The normalized spacial score (nSPS) is 12.2. The van der Waals surface area contributed by atoms with E-state index in [0.29, 0.717) is 34.2 Å². The van der Waals surface area contributed by atoms with Crippen LogP contribution in [0.15, 0.2) is 84.9 Å². The molecule has 4 aromatic carbocycles. The number of hydrogen-bond donors (Lipinski definition) is 4. The van der Waals surface area contributed by atoms with Crippen LogP contribution in [0.5, 0.6) is 0 Å². The second-order valence-electron chi connectivity index (χ2n) is 9.22. The lowest BCUT2D eigenvalue weighted by atomic mass is 9.83. The maximum Gasteiger partial charge on any atom is 0.331 e. The number of amidine groups is 1. The van der Waals surface area contributed by atoms with Gasteiger partial charge in [0.05, 0.1) is 18.2 Å². The van der Waals surface area contributed by atoms with E-state index in [0.717, 1.165) is 16.5 Å². The molecule has 1 amide bonds. The standard InChI is InChI=1S/C31H29N5O3/c1-2-39-30(38)31(35,17-22-5-3-7-24(15-22)28(33)34)25-13-14-26-23(16-25)6-4-8-27(26)29(37)36-19-21-11-9-20(18-32)10-12-21/h3-16H,2,17,19,35H2,1H3,(H3,33,34)(H,36,37). The van der Waals surface area contributed by atoms with Gasteiger partial charge in [-0.2, -0.15) is 5.26 Å². The minimum absolute atomic E-state index is 0.0775. The fraction of sp³-hybridized carbons (Fsp3) is 0.161. The van der Waals surface area contributed by atoms with Crippen molar-refractivity contribution in [1.29, 1.82) is 10.7 Å². The smallest absolute Gasteiger partial charge is 0.331 e. The molecule has 0 spiro atoms. The summed E-state index contributed by atoms with van der Waals surface area (Å²) < 4.78 is 5.36. The summed E-state index contributed by atoms with van der Waals surface area (Å²) in [5.74, 6) is -0.900. The molecule has 0 heterocycles. The second kappa shape index (κ2) is 11.6. The topological polar surface area (TPSA) is 155 Å². The first-order chi connectivity index (χ1) is 18.7. The van der Waals surface area contributed by atoms with Gasteiger partial charge in [0.2, 0.25) is 0 Å². The molecule has 0 bridgehead atoms. The number of fused-ring (bicyclic) bond motifs is 1. The number of nitriles is 1. The van der Waals surface area contributed by atoms with Crippen LogP contribution >= 0.6 is 0 Å². The van der Waals surface area contributed by atoms with Crippen molar-refractivity contribution >= 4 is 28.5 Å². The molecular formula is C31H29N5O3. The highest BCUT2D eigenvalue weighted by molar-refractivity contribution is 6.07.